The number of benzene rings is 3. The summed E-state index contributed by atoms with van der Waals surface area (Å²) < 4.78 is 5.24. The van der Waals surface area contributed by atoms with Crippen LogP contribution in [0, 0.1) is 0 Å². The molecule has 0 bridgehead atoms. The molecule has 3 amide bonds. The summed E-state index contributed by atoms with van der Waals surface area (Å²) in [4.78, 5) is 53.2. The maximum atomic E-state index is 12.7. The van der Waals surface area contributed by atoms with Crippen LogP contribution in [0.3, 0.4) is 0 Å². The van der Waals surface area contributed by atoms with E-state index in [9.17, 15) is 19.2 Å². The van der Waals surface area contributed by atoms with Gasteiger partial charge in [-0.15, -0.1) is 0 Å². The Morgan fingerprint density at radius 1 is 0.824 bits per heavy atom. The lowest BCUT2D eigenvalue weighted by atomic mass is 10.1. The number of anilines is 1. The van der Waals surface area contributed by atoms with Crippen molar-refractivity contribution in [3.05, 3.63) is 101 Å². The molecule has 172 valence electrons. The number of amides is 3. The zero-order valence-electron chi connectivity index (χ0n) is 18.9. The lowest BCUT2D eigenvalue weighted by Gasteiger charge is -2.26. The lowest BCUT2D eigenvalue weighted by molar-refractivity contribution is -0.136. The summed E-state index contributed by atoms with van der Waals surface area (Å²) >= 11 is 0. The molecule has 0 unspecified atom stereocenters. The summed E-state index contributed by atoms with van der Waals surface area (Å²) in [5.41, 5.74) is 2.25. The second kappa shape index (κ2) is 9.70. The summed E-state index contributed by atoms with van der Waals surface area (Å²) in [5, 5.41) is 0. The van der Waals surface area contributed by atoms with Crippen LogP contribution in [0.25, 0.3) is 0 Å². The van der Waals surface area contributed by atoms with Crippen LogP contribution in [0.2, 0.25) is 0 Å². The number of carbonyl (C=O) groups is 4. The van der Waals surface area contributed by atoms with Crippen LogP contribution in [-0.4, -0.2) is 41.2 Å². The molecule has 0 spiro atoms. The van der Waals surface area contributed by atoms with Crippen LogP contribution in [0.15, 0.2) is 78.9 Å². The molecule has 0 radical (unpaired) electrons. The predicted octanol–water partition coefficient (Wildman–Crippen LogP) is 4.08. The number of carbonyl (C=O) groups excluding carboxylic acids is 4. The molecular weight excluding hydrogens is 432 g/mol. The van der Waals surface area contributed by atoms with E-state index in [1.165, 1.54) is 24.3 Å². The van der Waals surface area contributed by atoms with Gasteiger partial charge < -0.3 is 9.64 Å². The molecule has 1 heterocycles. The summed E-state index contributed by atoms with van der Waals surface area (Å²) in [6.07, 6.45) is 0. The Balaban J connectivity index is 1.39. The normalized spacial score (nSPS) is 12.6. The van der Waals surface area contributed by atoms with Crippen molar-refractivity contribution in [2.24, 2.45) is 0 Å². The number of nitrogens with zero attached hydrogens (tertiary/aromatic N) is 2. The van der Waals surface area contributed by atoms with E-state index >= 15 is 0 Å². The molecule has 1 aliphatic rings. The van der Waals surface area contributed by atoms with Crippen molar-refractivity contribution in [2.45, 2.75) is 26.4 Å². The van der Waals surface area contributed by atoms with Crippen LogP contribution in [0.4, 0.5) is 5.69 Å². The van der Waals surface area contributed by atoms with E-state index in [1.54, 1.807) is 29.2 Å². The van der Waals surface area contributed by atoms with Gasteiger partial charge in [0.25, 0.3) is 17.7 Å². The van der Waals surface area contributed by atoms with E-state index in [2.05, 4.69) is 0 Å². The maximum Gasteiger partial charge on any atom is 0.338 e. The van der Waals surface area contributed by atoms with Gasteiger partial charge in [0, 0.05) is 12.6 Å². The van der Waals surface area contributed by atoms with Crippen LogP contribution < -0.4 is 4.90 Å². The highest BCUT2D eigenvalue weighted by molar-refractivity contribution is 6.34. The first-order valence-corrected chi connectivity index (χ1v) is 10.9. The quantitative estimate of drug-likeness (QED) is 0.395. The molecular formula is C27H24N2O5. The highest BCUT2D eigenvalue weighted by Crippen LogP contribution is 2.28. The summed E-state index contributed by atoms with van der Waals surface area (Å²) in [6.45, 7) is 3.84. The summed E-state index contributed by atoms with van der Waals surface area (Å²) in [7, 11) is 0. The first-order chi connectivity index (χ1) is 16.4. The number of ether oxygens (including phenoxy) is 1. The third kappa shape index (κ3) is 4.59. The minimum atomic E-state index is -0.661. The fourth-order valence-electron chi connectivity index (χ4n) is 3.80. The third-order valence-electron chi connectivity index (χ3n) is 5.62. The van der Waals surface area contributed by atoms with Crippen molar-refractivity contribution in [2.75, 3.05) is 11.5 Å². The summed E-state index contributed by atoms with van der Waals surface area (Å²) in [5.74, 6) is -1.78. The average molecular weight is 456 g/mol. The Labute approximate surface area is 197 Å². The highest BCUT2D eigenvalue weighted by Gasteiger charge is 2.36. The number of rotatable bonds is 7. The monoisotopic (exact) mass is 456 g/mol. The Morgan fingerprint density at radius 2 is 1.38 bits per heavy atom. The van der Waals surface area contributed by atoms with Crippen LogP contribution in [-0.2, 0) is 16.1 Å². The SMILES string of the molecule is CC(C)N(Cc1ccccc1)C(=O)COC(=O)c1ccc(N2C(=O)c3ccccc3C2=O)cc1. The first-order valence-electron chi connectivity index (χ1n) is 10.9. The molecule has 0 fully saturated rings. The number of fused-ring (bicyclic) bond motifs is 1. The smallest absolute Gasteiger partial charge is 0.338 e. The first kappa shape index (κ1) is 22.9. The topological polar surface area (TPSA) is 84.0 Å². The van der Waals surface area contributed by atoms with E-state index < -0.39 is 17.8 Å². The zero-order chi connectivity index (χ0) is 24.2. The minimum absolute atomic E-state index is 0.0645. The highest BCUT2D eigenvalue weighted by atomic mass is 16.5. The maximum absolute atomic E-state index is 12.7. The summed E-state index contributed by atoms with van der Waals surface area (Å²) in [6, 6.07) is 22.1. The van der Waals surface area contributed by atoms with Gasteiger partial charge in [-0.25, -0.2) is 9.69 Å². The van der Waals surface area contributed by atoms with Crippen molar-refractivity contribution in [3.63, 3.8) is 0 Å². The van der Waals surface area contributed by atoms with E-state index in [0.717, 1.165) is 10.5 Å². The molecule has 7 heteroatoms. The Morgan fingerprint density at radius 3 is 1.94 bits per heavy atom. The Bertz CT molecular complexity index is 1200. The number of esters is 1. The number of imide groups is 1. The Kier molecular flexibility index (Phi) is 6.54. The van der Waals surface area contributed by atoms with Crippen LogP contribution in [0.1, 0.15) is 50.5 Å². The van der Waals surface area contributed by atoms with E-state index in [4.69, 9.17) is 4.74 Å². The fourth-order valence-corrected chi connectivity index (χ4v) is 3.80. The van der Waals surface area contributed by atoms with Crippen LogP contribution >= 0.6 is 0 Å². The molecule has 0 atom stereocenters. The molecule has 34 heavy (non-hydrogen) atoms. The zero-order valence-corrected chi connectivity index (χ0v) is 18.9. The van der Waals surface area contributed by atoms with Gasteiger partial charge in [0.2, 0.25) is 0 Å². The van der Waals surface area contributed by atoms with Crippen molar-refractivity contribution in [3.8, 4) is 0 Å². The molecule has 0 N–H and O–H groups in total. The fraction of sp³-hybridized carbons (Fsp3) is 0.185. The molecule has 7 nitrogen and oxygen atoms in total. The van der Waals surface area contributed by atoms with Gasteiger partial charge in [0.15, 0.2) is 6.61 Å². The second-order valence-electron chi connectivity index (χ2n) is 8.22. The molecule has 4 rings (SSSR count). The van der Waals surface area contributed by atoms with Crippen LogP contribution in [0.5, 0.6) is 0 Å². The molecule has 3 aromatic rings. The van der Waals surface area contributed by atoms with Gasteiger partial charge in [-0.05, 0) is 55.8 Å². The standard InChI is InChI=1S/C27H24N2O5/c1-18(2)28(16-19-8-4-3-5-9-19)24(30)17-34-27(33)20-12-14-21(15-13-20)29-25(31)22-10-6-7-11-23(22)26(29)32/h3-15,18H,16-17H2,1-2H3. The van der Waals surface area contributed by atoms with Crippen molar-refractivity contribution >= 4 is 29.4 Å². The van der Waals surface area contributed by atoms with Crippen molar-refractivity contribution in [1.29, 1.82) is 0 Å². The van der Waals surface area contributed by atoms with Gasteiger partial charge in [0.1, 0.15) is 0 Å². The number of hydrogen-bond acceptors (Lipinski definition) is 5. The van der Waals surface area contributed by atoms with Crippen molar-refractivity contribution in [1.82, 2.24) is 4.90 Å². The third-order valence-corrected chi connectivity index (χ3v) is 5.62. The van der Waals surface area contributed by atoms with Gasteiger partial charge in [-0.1, -0.05) is 42.5 Å². The minimum Gasteiger partial charge on any atom is -0.452 e. The van der Waals surface area contributed by atoms with Crippen molar-refractivity contribution < 1.29 is 23.9 Å². The molecule has 0 saturated carbocycles. The number of hydrogen-bond donors (Lipinski definition) is 0. The second-order valence-corrected chi connectivity index (χ2v) is 8.22. The van der Waals surface area contributed by atoms with E-state index in [1.807, 2.05) is 44.2 Å². The molecule has 0 aromatic heterocycles. The molecule has 0 saturated heterocycles. The lowest BCUT2D eigenvalue weighted by Crippen LogP contribution is -2.39. The van der Waals surface area contributed by atoms with E-state index in [-0.39, 0.29) is 24.1 Å². The largest absolute Gasteiger partial charge is 0.452 e. The average Bonchev–Trinajstić information content (AvgIpc) is 3.11. The van der Waals surface area contributed by atoms with Gasteiger partial charge in [-0.3, -0.25) is 14.4 Å². The van der Waals surface area contributed by atoms with Gasteiger partial charge in [-0.2, -0.15) is 0 Å². The predicted molar refractivity (Wildman–Crippen MR) is 126 cm³/mol. The Hall–Kier alpha value is -4.26. The van der Waals surface area contributed by atoms with E-state index in [0.29, 0.717) is 23.4 Å². The molecule has 0 aliphatic carbocycles. The van der Waals surface area contributed by atoms with Gasteiger partial charge >= 0.3 is 5.97 Å². The molecule has 1 aliphatic heterocycles. The van der Waals surface area contributed by atoms with Gasteiger partial charge in [0.05, 0.1) is 22.4 Å². The molecule has 3 aromatic carbocycles.